The number of nitrogens with zero attached hydrogens (tertiary/aromatic N) is 5. The van der Waals surface area contributed by atoms with Crippen molar-refractivity contribution >= 4 is 27.8 Å². The SMILES string of the molecule is CC[C@@H]1CN(Cc2cc(C(c3ccc4c(nnn4C)c3C)C(C)(C)C(=O)O)ccc2C)Cc2ncc3ccccc3c2O1. The van der Waals surface area contributed by atoms with E-state index in [4.69, 9.17) is 9.72 Å². The molecule has 1 unspecified atom stereocenters. The Morgan fingerprint density at radius 3 is 2.70 bits per heavy atom. The lowest BCUT2D eigenvalue weighted by Crippen LogP contribution is -2.33. The highest BCUT2D eigenvalue weighted by atomic mass is 16.5. The lowest BCUT2D eigenvalue weighted by atomic mass is 9.69. The molecule has 8 heteroatoms. The van der Waals surface area contributed by atoms with Gasteiger partial charge in [-0.3, -0.25) is 14.7 Å². The molecular formula is C35H39N5O3. The van der Waals surface area contributed by atoms with Gasteiger partial charge in [-0.25, -0.2) is 4.68 Å². The van der Waals surface area contributed by atoms with Gasteiger partial charge in [0.15, 0.2) is 0 Å². The van der Waals surface area contributed by atoms with Crippen LogP contribution in [0.1, 0.15) is 66.6 Å². The van der Waals surface area contributed by atoms with E-state index in [9.17, 15) is 9.90 Å². The van der Waals surface area contributed by atoms with Crippen molar-refractivity contribution in [1.29, 1.82) is 0 Å². The van der Waals surface area contributed by atoms with Crippen LogP contribution in [0.2, 0.25) is 0 Å². The largest absolute Gasteiger partial charge is 0.486 e. The van der Waals surface area contributed by atoms with Crippen LogP contribution < -0.4 is 4.74 Å². The van der Waals surface area contributed by atoms with E-state index in [1.165, 1.54) is 11.1 Å². The number of ether oxygens (including phenoxy) is 1. The van der Waals surface area contributed by atoms with Gasteiger partial charge in [-0.1, -0.05) is 60.7 Å². The molecule has 0 spiro atoms. The number of pyridine rings is 1. The Labute approximate surface area is 252 Å². The molecule has 1 N–H and O–H groups in total. The van der Waals surface area contributed by atoms with Crippen LogP contribution in [0.3, 0.4) is 0 Å². The first-order chi connectivity index (χ1) is 20.6. The van der Waals surface area contributed by atoms with E-state index in [0.29, 0.717) is 13.1 Å². The summed E-state index contributed by atoms with van der Waals surface area (Å²) in [4.78, 5) is 19.9. The van der Waals surface area contributed by atoms with Gasteiger partial charge in [0.1, 0.15) is 17.4 Å². The minimum atomic E-state index is -1.07. The number of carbonyl (C=O) groups is 1. The zero-order valence-electron chi connectivity index (χ0n) is 25.8. The topological polar surface area (TPSA) is 93.4 Å². The second kappa shape index (κ2) is 11.1. The van der Waals surface area contributed by atoms with Crippen molar-refractivity contribution < 1.29 is 14.6 Å². The molecule has 0 amide bonds. The quantitative estimate of drug-likeness (QED) is 0.234. The van der Waals surface area contributed by atoms with Crippen LogP contribution in [0.5, 0.6) is 5.75 Å². The average molecular weight is 578 g/mol. The molecular weight excluding hydrogens is 538 g/mol. The Kier molecular flexibility index (Phi) is 7.42. The minimum Gasteiger partial charge on any atom is -0.486 e. The fraction of sp³-hybridized carbons (Fsp3) is 0.371. The summed E-state index contributed by atoms with van der Waals surface area (Å²) in [6.07, 6.45) is 2.86. The fourth-order valence-corrected chi connectivity index (χ4v) is 6.48. The Morgan fingerprint density at radius 2 is 1.93 bits per heavy atom. The molecule has 3 aromatic carbocycles. The van der Waals surface area contributed by atoms with Crippen LogP contribution in [-0.4, -0.2) is 48.6 Å². The maximum atomic E-state index is 12.7. The van der Waals surface area contributed by atoms with Gasteiger partial charge in [-0.05, 0) is 68.0 Å². The monoisotopic (exact) mass is 577 g/mol. The molecule has 2 aromatic heterocycles. The normalized spacial score (nSPS) is 16.6. The molecule has 222 valence electrons. The zero-order chi connectivity index (χ0) is 30.5. The number of rotatable bonds is 7. The number of aryl methyl sites for hydroxylation is 3. The highest BCUT2D eigenvalue weighted by Crippen LogP contribution is 2.44. The van der Waals surface area contributed by atoms with Gasteiger partial charge in [0, 0.05) is 49.6 Å². The predicted octanol–water partition coefficient (Wildman–Crippen LogP) is 6.55. The first kappa shape index (κ1) is 28.8. The highest BCUT2D eigenvalue weighted by Gasteiger charge is 2.40. The molecule has 2 atom stereocenters. The van der Waals surface area contributed by atoms with Crippen LogP contribution in [0, 0.1) is 19.3 Å². The third-order valence-electron chi connectivity index (χ3n) is 9.17. The number of fused-ring (bicyclic) bond motifs is 4. The van der Waals surface area contributed by atoms with Crippen LogP contribution >= 0.6 is 0 Å². The van der Waals surface area contributed by atoms with E-state index in [-0.39, 0.29) is 12.0 Å². The molecule has 0 fully saturated rings. The van der Waals surface area contributed by atoms with E-state index in [0.717, 1.165) is 62.9 Å². The molecule has 43 heavy (non-hydrogen) atoms. The van der Waals surface area contributed by atoms with Crippen molar-refractivity contribution in [3.63, 3.8) is 0 Å². The summed E-state index contributed by atoms with van der Waals surface area (Å²) >= 11 is 0. The summed E-state index contributed by atoms with van der Waals surface area (Å²) in [7, 11) is 1.87. The Hall–Kier alpha value is -4.30. The molecule has 0 saturated carbocycles. The number of carboxylic acids is 1. The highest BCUT2D eigenvalue weighted by molar-refractivity contribution is 5.88. The molecule has 0 bridgehead atoms. The first-order valence-electron chi connectivity index (χ1n) is 15.0. The van der Waals surface area contributed by atoms with Crippen molar-refractivity contribution in [1.82, 2.24) is 24.9 Å². The molecule has 6 rings (SSSR count). The number of hydrogen-bond acceptors (Lipinski definition) is 6. The third-order valence-corrected chi connectivity index (χ3v) is 9.17. The van der Waals surface area contributed by atoms with Gasteiger partial charge in [-0.2, -0.15) is 0 Å². The maximum Gasteiger partial charge on any atom is 0.310 e. The molecule has 5 aromatic rings. The van der Waals surface area contributed by atoms with Crippen LogP contribution in [0.15, 0.2) is 60.8 Å². The van der Waals surface area contributed by atoms with Gasteiger partial charge in [0.2, 0.25) is 0 Å². The van der Waals surface area contributed by atoms with Gasteiger partial charge >= 0.3 is 5.97 Å². The molecule has 0 aliphatic carbocycles. The fourth-order valence-electron chi connectivity index (χ4n) is 6.48. The Bertz CT molecular complexity index is 1840. The molecule has 1 aliphatic rings. The van der Waals surface area contributed by atoms with Crippen molar-refractivity contribution in [3.05, 3.63) is 94.3 Å². The van der Waals surface area contributed by atoms with Gasteiger partial charge in [0.05, 0.1) is 16.6 Å². The van der Waals surface area contributed by atoms with Crippen molar-refractivity contribution in [2.24, 2.45) is 12.5 Å². The second-order valence-corrected chi connectivity index (χ2v) is 12.4. The van der Waals surface area contributed by atoms with E-state index in [1.54, 1.807) is 4.68 Å². The van der Waals surface area contributed by atoms with E-state index >= 15 is 0 Å². The second-order valence-electron chi connectivity index (χ2n) is 12.4. The summed E-state index contributed by atoms with van der Waals surface area (Å²) < 4.78 is 8.32. The molecule has 0 saturated heterocycles. The number of aliphatic carboxylic acids is 1. The van der Waals surface area contributed by atoms with Crippen LogP contribution in [0.4, 0.5) is 0 Å². The molecule has 1 aliphatic heterocycles. The Morgan fingerprint density at radius 1 is 1.14 bits per heavy atom. The summed E-state index contributed by atoms with van der Waals surface area (Å²) in [6, 6.07) is 18.7. The van der Waals surface area contributed by atoms with Gasteiger partial charge in [0.25, 0.3) is 0 Å². The smallest absolute Gasteiger partial charge is 0.310 e. The van der Waals surface area contributed by atoms with Crippen molar-refractivity contribution in [2.45, 2.75) is 66.2 Å². The van der Waals surface area contributed by atoms with E-state index < -0.39 is 11.4 Å². The summed E-state index contributed by atoms with van der Waals surface area (Å²) in [5.74, 6) is -0.347. The number of carboxylic acid groups (broad SMARTS) is 1. The molecule has 3 heterocycles. The molecule has 0 radical (unpaired) electrons. The minimum absolute atomic E-state index is 0.0393. The van der Waals surface area contributed by atoms with Crippen LogP contribution in [-0.2, 0) is 24.9 Å². The number of aromatic nitrogens is 4. The summed E-state index contributed by atoms with van der Waals surface area (Å²) in [5.41, 5.74) is 6.82. The number of benzene rings is 3. The average Bonchev–Trinajstić information content (AvgIpc) is 3.26. The summed E-state index contributed by atoms with van der Waals surface area (Å²) in [6.45, 7) is 12.1. The first-order valence-corrected chi connectivity index (χ1v) is 15.0. The van der Waals surface area contributed by atoms with Crippen LogP contribution in [0.25, 0.3) is 21.8 Å². The van der Waals surface area contributed by atoms with E-state index in [2.05, 4.69) is 59.4 Å². The lowest BCUT2D eigenvalue weighted by molar-refractivity contribution is -0.147. The summed E-state index contributed by atoms with van der Waals surface area (Å²) in [5, 5.41) is 21.2. The Balaban J connectivity index is 1.40. The maximum absolute atomic E-state index is 12.7. The number of hydrogen-bond donors (Lipinski definition) is 1. The van der Waals surface area contributed by atoms with Crippen molar-refractivity contribution in [2.75, 3.05) is 6.54 Å². The zero-order valence-corrected chi connectivity index (χ0v) is 25.8. The van der Waals surface area contributed by atoms with E-state index in [1.807, 2.05) is 58.3 Å². The van der Waals surface area contributed by atoms with Crippen molar-refractivity contribution in [3.8, 4) is 5.75 Å². The predicted molar refractivity (Wildman–Crippen MR) is 168 cm³/mol. The third kappa shape index (κ3) is 5.14. The van der Waals surface area contributed by atoms with Gasteiger partial charge in [-0.15, -0.1) is 5.10 Å². The van der Waals surface area contributed by atoms with Gasteiger partial charge < -0.3 is 9.84 Å². The standard InChI is InChI=1S/C35H39N5O3/c1-7-26-19-40(20-29-33(43-26)28-11-9-8-10-24(28)17-36-29)18-25-16-23(13-12-21(25)2)31(35(4,5)34(41)42)27-14-15-30-32(22(27)3)37-38-39(30)6/h8-17,26,31H,7,18-20H2,1-6H3,(H,41,42)/t26-,31?/m1/s1. The lowest BCUT2D eigenvalue weighted by Gasteiger charge is -2.33. The molecule has 8 nitrogen and oxygen atoms in total.